The van der Waals surface area contributed by atoms with Crippen LogP contribution in [0.15, 0.2) is 66.9 Å². The molecule has 2 fully saturated rings. The minimum absolute atomic E-state index is 0.0606. The van der Waals surface area contributed by atoms with Gasteiger partial charge in [0.05, 0.1) is 23.4 Å². The minimum atomic E-state index is -1.34. The zero-order valence-corrected chi connectivity index (χ0v) is 24.8. The van der Waals surface area contributed by atoms with Crippen molar-refractivity contribution in [2.24, 2.45) is 5.73 Å². The molecule has 3 heterocycles. The van der Waals surface area contributed by atoms with Crippen molar-refractivity contribution in [3.05, 3.63) is 72.4 Å². The lowest BCUT2D eigenvalue weighted by Crippen LogP contribution is -2.50. The number of aryl methyl sites for hydroxylation is 1. The molecule has 13 nitrogen and oxygen atoms in total. The van der Waals surface area contributed by atoms with Gasteiger partial charge < -0.3 is 42.1 Å². The van der Waals surface area contributed by atoms with Gasteiger partial charge >= 0.3 is 0 Å². The monoisotopic (exact) mass is 617 g/mol. The fraction of sp³-hybridized carbons (Fsp3) is 0.406. The van der Waals surface area contributed by atoms with Gasteiger partial charge in [-0.15, -0.1) is 0 Å². The highest BCUT2D eigenvalue weighted by atomic mass is 16.3. The number of aliphatic hydroxyl groups is 2. The van der Waals surface area contributed by atoms with E-state index in [4.69, 9.17) is 5.73 Å². The van der Waals surface area contributed by atoms with Gasteiger partial charge in [-0.1, -0.05) is 48.5 Å². The molecule has 2 aliphatic heterocycles. The molecule has 13 heteroatoms. The van der Waals surface area contributed by atoms with Gasteiger partial charge in [-0.2, -0.15) is 0 Å². The van der Waals surface area contributed by atoms with Crippen LogP contribution in [0, 0.1) is 0 Å². The highest BCUT2D eigenvalue weighted by molar-refractivity contribution is 5.99. The minimum Gasteiger partial charge on any atom is -0.383 e. The summed E-state index contributed by atoms with van der Waals surface area (Å²) in [7, 11) is 0. The number of nitrogens with zero attached hydrogens (tertiary/aromatic N) is 2. The molecule has 8 N–H and O–H groups in total. The number of para-hydroxylation sites is 1. The summed E-state index contributed by atoms with van der Waals surface area (Å²) in [6.07, 6.45) is 0.0805. The number of anilines is 1. The van der Waals surface area contributed by atoms with Crippen molar-refractivity contribution in [1.29, 1.82) is 0 Å². The SMILES string of the molecule is NC[C@H](O)C(=O)N[C@H]1CN[C@H](C(=O)N2C[C@H](NC(=O)[C@H](O)CCc3ccccc3)C[C@H]2C(=O)Nc2cnc3ccccc3c2)C1. The van der Waals surface area contributed by atoms with Crippen LogP contribution in [-0.2, 0) is 25.6 Å². The number of amides is 4. The molecule has 0 saturated carbocycles. The second kappa shape index (κ2) is 14.6. The fourth-order valence-corrected chi connectivity index (χ4v) is 5.81. The van der Waals surface area contributed by atoms with Crippen molar-refractivity contribution in [3.63, 3.8) is 0 Å². The average Bonchev–Trinajstić information content (AvgIpc) is 3.70. The molecule has 0 spiro atoms. The Morgan fingerprint density at radius 3 is 2.44 bits per heavy atom. The number of nitrogens with two attached hydrogens (primary N) is 1. The third-order valence-corrected chi connectivity index (χ3v) is 8.24. The first kappa shape index (κ1) is 32.0. The summed E-state index contributed by atoms with van der Waals surface area (Å²) in [5.41, 5.74) is 7.61. The number of aromatic nitrogens is 1. The molecule has 2 aromatic carbocycles. The summed E-state index contributed by atoms with van der Waals surface area (Å²) in [5.74, 6) is -1.98. The van der Waals surface area contributed by atoms with Crippen molar-refractivity contribution in [1.82, 2.24) is 25.8 Å². The van der Waals surface area contributed by atoms with Crippen LogP contribution in [0.1, 0.15) is 24.8 Å². The second-order valence-corrected chi connectivity index (χ2v) is 11.5. The van der Waals surface area contributed by atoms with Gasteiger partial charge in [0.2, 0.25) is 23.6 Å². The number of hydrogen-bond donors (Lipinski definition) is 7. The van der Waals surface area contributed by atoms with Gasteiger partial charge in [0.15, 0.2) is 0 Å². The maximum atomic E-state index is 13.8. The molecule has 0 unspecified atom stereocenters. The summed E-state index contributed by atoms with van der Waals surface area (Å²) >= 11 is 0. The largest absolute Gasteiger partial charge is 0.383 e. The smallest absolute Gasteiger partial charge is 0.250 e. The van der Waals surface area contributed by atoms with E-state index in [1.807, 2.05) is 54.6 Å². The van der Waals surface area contributed by atoms with Crippen molar-refractivity contribution < 1.29 is 29.4 Å². The molecule has 4 amide bonds. The molecule has 1 aromatic heterocycles. The van der Waals surface area contributed by atoms with Crippen LogP contribution < -0.4 is 27.0 Å². The topological polar surface area (TPSA) is 199 Å². The van der Waals surface area contributed by atoms with E-state index in [-0.39, 0.29) is 38.3 Å². The Balaban J connectivity index is 1.26. The first-order valence-corrected chi connectivity index (χ1v) is 15.1. The van der Waals surface area contributed by atoms with Crippen LogP contribution in [0.4, 0.5) is 5.69 Å². The zero-order chi connectivity index (χ0) is 31.9. The van der Waals surface area contributed by atoms with Crippen LogP contribution in [-0.4, -0.2) is 99.7 Å². The number of carbonyl (C=O) groups is 4. The molecule has 238 valence electrons. The third-order valence-electron chi connectivity index (χ3n) is 8.24. The lowest BCUT2D eigenvalue weighted by molar-refractivity contribution is -0.138. The molecule has 45 heavy (non-hydrogen) atoms. The van der Waals surface area contributed by atoms with Gasteiger partial charge in [0, 0.05) is 37.1 Å². The van der Waals surface area contributed by atoms with E-state index in [0.717, 1.165) is 16.5 Å². The molecule has 2 aliphatic rings. The first-order valence-electron chi connectivity index (χ1n) is 15.1. The summed E-state index contributed by atoms with van der Waals surface area (Å²) in [5, 5.41) is 32.6. The zero-order valence-electron chi connectivity index (χ0n) is 24.8. The Bertz CT molecular complexity index is 1520. The second-order valence-electron chi connectivity index (χ2n) is 11.5. The molecule has 5 rings (SSSR count). The van der Waals surface area contributed by atoms with Crippen LogP contribution in [0.5, 0.6) is 0 Å². The number of fused-ring (bicyclic) bond motifs is 1. The first-order chi connectivity index (χ1) is 21.7. The van der Waals surface area contributed by atoms with E-state index in [2.05, 4.69) is 26.3 Å². The van der Waals surface area contributed by atoms with E-state index < -0.39 is 54.1 Å². The van der Waals surface area contributed by atoms with Crippen LogP contribution in [0.3, 0.4) is 0 Å². The molecular formula is C32H39N7O6. The van der Waals surface area contributed by atoms with Crippen molar-refractivity contribution in [2.75, 3.05) is 25.0 Å². The summed E-state index contributed by atoms with van der Waals surface area (Å²) < 4.78 is 0. The molecule has 0 bridgehead atoms. The Hall–Kier alpha value is -4.43. The van der Waals surface area contributed by atoms with Crippen molar-refractivity contribution in [3.8, 4) is 0 Å². The highest BCUT2D eigenvalue weighted by Crippen LogP contribution is 2.24. The van der Waals surface area contributed by atoms with Gasteiger partial charge in [-0.3, -0.25) is 24.2 Å². The maximum Gasteiger partial charge on any atom is 0.250 e. The Morgan fingerprint density at radius 2 is 1.67 bits per heavy atom. The summed E-state index contributed by atoms with van der Waals surface area (Å²) in [4.78, 5) is 58.2. The number of aliphatic hydroxyl groups excluding tert-OH is 2. The maximum absolute atomic E-state index is 13.8. The molecule has 0 aliphatic carbocycles. The summed E-state index contributed by atoms with van der Waals surface area (Å²) in [6, 6.07) is 16.2. The number of likely N-dealkylation sites (tertiary alicyclic amines) is 1. The van der Waals surface area contributed by atoms with E-state index in [1.54, 1.807) is 12.3 Å². The number of pyridine rings is 1. The van der Waals surface area contributed by atoms with E-state index >= 15 is 0 Å². The van der Waals surface area contributed by atoms with Crippen molar-refractivity contribution >= 4 is 40.2 Å². The van der Waals surface area contributed by atoms with Gasteiger partial charge in [0.25, 0.3) is 0 Å². The van der Waals surface area contributed by atoms with Gasteiger partial charge in [0.1, 0.15) is 18.2 Å². The Morgan fingerprint density at radius 1 is 0.956 bits per heavy atom. The predicted octanol–water partition coefficient (Wildman–Crippen LogP) is -0.581. The molecule has 0 radical (unpaired) electrons. The fourth-order valence-electron chi connectivity index (χ4n) is 5.81. The number of nitrogens with one attached hydrogen (secondary N) is 4. The molecule has 6 atom stereocenters. The van der Waals surface area contributed by atoms with Gasteiger partial charge in [-0.25, -0.2) is 0 Å². The number of carbonyl (C=O) groups excluding carboxylic acids is 4. The van der Waals surface area contributed by atoms with Crippen LogP contribution in [0.2, 0.25) is 0 Å². The van der Waals surface area contributed by atoms with Crippen LogP contribution in [0.25, 0.3) is 10.9 Å². The normalized spacial score (nSPS) is 22.5. The summed E-state index contributed by atoms with van der Waals surface area (Å²) in [6.45, 7) is 0.130. The number of rotatable bonds is 11. The Labute approximate surface area is 260 Å². The van der Waals surface area contributed by atoms with E-state index in [0.29, 0.717) is 18.7 Å². The highest BCUT2D eigenvalue weighted by Gasteiger charge is 2.44. The van der Waals surface area contributed by atoms with E-state index in [1.165, 1.54) is 4.90 Å². The molecule has 3 aromatic rings. The van der Waals surface area contributed by atoms with Crippen LogP contribution >= 0.6 is 0 Å². The Kier molecular flexibility index (Phi) is 10.4. The predicted molar refractivity (Wildman–Crippen MR) is 167 cm³/mol. The standard InChI is InChI=1S/C32H39N7O6/c33-15-28(41)31(44)37-22-13-25(35-17-22)32(45)39-18-23(38-30(43)27(40)11-10-19-6-2-1-3-7-19)14-26(39)29(42)36-21-12-20-8-4-5-9-24(20)34-16-21/h1-9,12,16,22-23,25-28,35,40-41H,10-11,13-15,17-18,33H2,(H,36,42)(H,37,44)(H,38,43)/t22-,23-,25+,26+,27-,28+/m1/s1. The van der Waals surface area contributed by atoms with Crippen molar-refractivity contribution in [2.45, 2.75) is 62.1 Å². The lowest BCUT2D eigenvalue weighted by Gasteiger charge is -2.26. The number of benzene rings is 2. The van der Waals surface area contributed by atoms with E-state index in [9.17, 15) is 29.4 Å². The number of hydrogen-bond acceptors (Lipinski definition) is 9. The third kappa shape index (κ3) is 8.00. The molecular weight excluding hydrogens is 578 g/mol. The molecule has 2 saturated heterocycles. The van der Waals surface area contributed by atoms with Gasteiger partial charge in [-0.05, 0) is 43.4 Å². The lowest BCUT2D eigenvalue weighted by atomic mass is 10.1. The average molecular weight is 618 g/mol. The quantitative estimate of drug-likeness (QED) is 0.147.